The second-order valence-corrected chi connectivity index (χ2v) is 6.67. The number of hydrogen-bond donors (Lipinski definition) is 1. The molecule has 0 bridgehead atoms. The summed E-state index contributed by atoms with van der Waals surface area (Å²) >= 11 is 5.24. The topological polar surface area (TPSA) is 30.5 Å². The van der Waals surface area contributed by atoms with Crippen LogP contribution < -0.4 is 14.8 Å². The Kier molecular flexibility index (Phi) is 4.93. The molecule has 1 aliphatic rings. The third kappa shape index (κ3) is 4.08. The van der Waals surface area contributed by atoms with Crippen LogP contribution in [0.15, 0.2) is 51.8 Å². The van der Waals surface area contributed by atoms with Gasteiger partial charge in [-0.1, -0.05) is 15.9 Å². The molecule has 2 aromatic carbocycles. The Morgan fingerprint density at radius 3 is 2.57 bits per heavy atom. The van der Waals surface area contributed by atoms with E-state index in [0.717, 1.165) is 34.0 Å². The molecule has 110 valence electrons. The lowest BCUT2D eigenvalue weighted by Crippen LogP contribution is -2.15. The van der Waals surface area contributed by atoms with Crippen molar-refractivity contribution in [3.05, 3.63) is 46.9 Å². The van der Waals surface area contributed by atoms with Crippen LogP contribution >= 0.6 is 27.7 Å². The van der Waals surface area contributed by atoms with Crippen LogP contribution in [0, 0.1) is 0 Å². The molecule has 0 amide bonds. The van der Waals surface area contributed by atoms with E-state index in [1.165, 1.54) is 4.90 Å². The first-order chi connectivity index (χ1) is 10.3. The number of anilines is 1. The average Bonchev–Trinajstić information content (AvgIpc) is 2.53. The molecule has 0 aliphatic carbocycles. The van der Waals surface area contributed by atoms with Gasteiger partial charge in [-0.2, -0.15) is 0 Å². The van der Waals surface area contributed by atoms with Gasteiger partial charge in [0, 0.05) is 27.4 Å². The summed E-state index contributed by atoms with van der Waals surface area (Å²) in [6, 6.07) is 14.3. The van der Waals surface area contributed by atoms with Gasteiger partial charge in [0.05, 0.1) is 0 Å². The van der Waals surface area contributed by atoms with E-state index in [1.54, 1.807) is 0 Å². The predicted molar refractivity (Wildman–Crippen MR) is 90.8 cm³/mol. The van der Waals surface area contributed by atoms with Crippen LogP contribution in [0.5, 0.6) is 11.5 Å². The lowest BCUT2D eigenvalue weighted by molar-refractivity contribution is 0.171. The van der Waals surface area contributed by atoms with E-state index in [-0.39, 0.29) is 0 Å². The molecule has 0 spiro atoms. The molecule has 0 unspecified atom stereocenters. The molecule has 5 heteroatoms. The SMILES string of the molecule is Brc1ccc(NCCSc2ccc3c(c2)OCCO3)cc1. The van der Waals surface area contributed by atoms with Crippen LogP contribution in [0.4, 0.5) is 5.69 Å². The van der Waals surface area contributed by atoms with Crippen LogP contribution in [0.2, 0.25) is 0 Å². The van der Waals surface area contributed by atoms with Gasteiger partial charge in [-0.3, -0.25) is 0 Å². The molecule has 1 heterocycles. The first-order valence-corrected chi connectivity index (χ1v) is 8.61. The molecule has 0 radical (unpaired) electrons. The molecule has 0 fully saturated rings. The Balaban J connectivity index is 1.48. The minimum absolute atomic E-state index is 0.631. The molecule has 3 rings (SSSR count). The Morgan fingerprint density at radius 2 is 1.76 bits per heavy atom. The zero-order valence-electron chi connectivity index (χ0n) is 11.5. The summed E-state index contributed by atoms with van der Waals surface area (Å²) in [7, 11) is 0. The standard InChI is InChI=1S/C16H16BrNO2S/c17-12-1-3-13(4-2-12)18-7-10-21-14-5-6-15-16(11-14)20-9-8-19-15/h1-6,11,18H,7-10H2. The molecule has 0 saturated carbocycles. The van der Waals surface area contributed by atoms with Gasteiger partial charge in [-0.05, 0) is 42.5 Å². The van der Waals surface area contributed by atoms with Crippen LogP contribution in [0.3, 0.4) is 0 Å². The van der Waals surface area contributed by atoms with Gasteiger partial charge in [0.1, 0.15) is 13.2 Å². The first kappa shape index (κ1) is 14.6. The zero-order valence-corrected chi connectivity index (χ0v) is 13.9. The molecule has 3 nitrogen and oxygen atoms in total. The number of fused-ring (bicyclic) bond motifs is 1. The molecule has 1 N–H and O–H groups in total. The van der Waals surface area contributed by atoms with Crippen LogP contribution in [0.25, 0.3) is 0 Å². The molecule has 0 aromatic heterocycles. The fourth-order valence-corrected chi connectivity index (χ4v) is 3.10. The number of halogens is 1. The van der Waals surface area contributed by atoms with Crippen molar-refractivity contribution in [2.75, 3.05) is 30.8 Å². The molecule has 0 atom stereocenters. The highest BCUT2D eigenvalue weighted by atomic mass is 79.9. The number of ether oxygens (including phenoxy) is 2. The van der Waals surface area contributed by atoms with Gasteiger partial charge in [0.25, 0.3) is 0 Å². The van der Waals surface area contributed by atoms with E-state index in [4.69, 9.17) is 9.47 Å². The highest BCUT2D eigenvalue weighted by molar-refractivity contribution is 9.10. The first-order valence-electron chi connectivity index (χ1n) is 6.83. The lowest BCUT2D eigenvalue weighted by atomic mass is 10.3. The van der Waals surface area contributed by atoms with E-state index in [9.17, 15) is 0 Å². The molecule has 21 heavy (non-hydrogen) atoms. The van der Waals surface area contributed by atoms with Crippen molar-refractivity contribution < 1.29 is 9.47 Å². The minimum atomic E-state index is 0.631. The van der Waals surface area contributed by atoms with Crippen LogP contribution in [0.1, 0.15) is 0 Å². The molecule has 0 saturated heterocycles. The van der Waals surface area contributed by atoms with Crippen molar-refractivity contribution in [3.8, 4) is 11.5 Å². The van der Waals surface area contributed by atoms with Gasteiger partial charge in [-0.15, -0.1) is 11.8 Å². The number of rotatable bonds is 5. The van der Waals surface area contributed by atoms with Crippen LogP contribution in [-0.2, 0) is 0 Å². The second kappa shape index (κ2) is 7.09. The number of thioether (sulfide) groups is 1. The normalized spacial score (nSPS) is 13.0. The van der Waals surface area contributed by atoms with Gasteiger partial charge in [0.15, 0.2) is 11.5 Å². The van der Waals surface area contributed by atoms with E-state index >= 15 is 0 Å². The Hall–Kier alpha value is -1.33. The van der Waals surface area contributed by atoms with Crippen molar-refractivity contribution in [1.29, 1.82) is 0 Å². The Labute approximate surface area is 137 Å². The fraction of sp³-hybridized carbons (Fsp3) is 0.250. The van der Waals surface area contributed by atoms with E-state index in [0.29, 0.717) is 13.2 Å². The van der Waals surface area contributed by atoms with Gasteiger partial charge in [0.2, 0.25) is 0 Å². The maximum Gasteiger partial charge on any atom is 0.162 e. The van der Waals surface area contributed by atoms with Gasteiger partial charge >= 0.3 is 0 Å². The summed E-state index contributed by atoms with van der Waals surface area (Å²) in [6.07, 6.45) is 0. The average molecular weight is 366 g/mol. The van der Waals surface area contributed by atoms with E-state index in [2.05, 4.69) is 45.5 Å². The Bertz CT molecular complexity index is 604. The lowest BCUT2D eigenvalue weighted by Gasteiger charge is -2.18. The minimum Gasteiger partial charge on any atom is -0.486 e. The second-order valence-electron chi connectivity index (χ2n) is 4.59. The van der Waals surface area contributed by atoms with Crippen molar-refractivity contribution in [3.63, 3.8) is 0 Å². The predicted octanol–water partition coefficient (Wildman–Crippen LogP) is 4.42. The van der Waals surface area contributed by atoms with Crippen LogP contribution in [-0.4, -0.2) is 25.5 Å². The summed E-state index contributed by atoms with van der Waals surface area (Å²) in [5, 5.41) is 3.41. The molecular weight excluding hydrogens is 350 g/mol. The summed E-state index contributed by atoms with van der Waals surface area (Å²) in [4.78, 5) is 1.21. The molecule has 2 aromatic rings. The highest BCUT2D eigenvalue weighted by Crippen LogP contribution is 2.34. The quantitative estimate of drug-likeness (QED) is 0.627. The third-order valence-corrected chi connectivity index (χ3v) is 4.58. The highest BCUT2D eigenvalue weighted by Gasteiger charge is 2.11. The maximum absolute atomic E-state index is 5.59. The summed E-state index contributed by atoms with van der Waals surface area (Å²) < 4.78 is 12.2. The van der Waals surface area contributed by atoms with Gasteiger partial charge < -0.3 is 14.8 Å². The third-order valence-electron chi connectivity index (χ3n) is 3.06. The fourth-order valence-electron chi connectivity index (χ4n) is 2.05. The van der Waals surface area contributed by atoms with Crippen molar-refractivity contribution in [2.45, 2.75) is 4.90 Å². The number of benzene rings is 2. The summed E-state index contributed by atoms with van der Waals surface area (Å²) in [6.45, 7) is 2.18. The smallest absolute Gasteiger partial charge is 0.162 e. The monoisotopic (exact) mass is 365 g/mol. The molecule has 1 aliphatic heterocycles. The number of nitrogens with one attached hydrogen (secondary N) is 1. The van der Waals surface area contributed by atoms with Crippen molar-refractivity contribution >= 4 is 33.4 Å². The van der Waals surface area contributed by atoms with Gasteiger partial charge in [-0.25, -0.2) is 0 Å². The number of hydrogen-bond acceptors (Lipinski definition) is 4. The Morgan fingerprint density at radius 1 is 1.00 bits per heavy atom. The summed E-state index contributed by atoms with van der Waals surface area (Å²) in [5.41, 5.74) is 1.14. The van der Waals surface area contributed by atoms with E-state index < -0.39 is 0 Å². The summed E-state index contributed by atoms with van der Waals surface area (Å²) in [5.74, 6) is 2.70. The van der Waals surface area contributed by atoms with Crippen molar-refractivity contribution in [1.82, 2.24) is 0 Å². The largest absolute Gasteiger partial charge is 0.486 e. The maximum atomic E-state index is 5.59. The molecular formula is C16H16BrNO2S. The van der Waals surface area contributed by atoms with Crippen molar-refractivity contribution in [2.24, 2.45) is 0 Å². The van der Waals surface area contributed by atoms with E-state index in [1.807, 2.05) is 30.0 Å². The zero-order chi connectivity index (χ0) is 14.5.